The Morgan fingerprint density at radius 3 is 2.67 bits per heavy atom. The maximum atomic E-state index is 14.0. The van der Waals surface area contributed by atoms with E-state index in [0.717, 1.165) is 24.1 Å². The van der Waals surface area contributed by atoms with E-state index in [2.05, 4.69) is 37.0 Å². The molecule has 0 aliphatic heterocycles. The van der Waals surface area contributed by atoms with Gasteiger partial charge in [0.15, 0.2) is 0 Å². The number of rotatable bonds is 6. The molecule has 1 heterocycles. The molecule has 136 valence electrons. The standard InChI is InChI=1S/C23H21FN2O/c1-3-5-17-9-11-20(16(2)12-17)22-6-4-7-23(26-22)27-15-19-10-8-18(14-25)13-21(19)24/h4,6-13H,3,5,15H2,1-2H3. The first kappa shape index (κ1) is 18.6. The lowest BCUT2D eigenvalue weighted by molar-refractivity contribution is 0.288. The molecule has 0 atom stereocenters. The summed E-state index contributed by atoms with van der Waals surface area (Å²) in [6.07, 6.45) is 2.18. The summed E-state index contributed by atoms with van der Waals surface area (Å²) < 4.78 is 19.7. The highest BCUT2D eigenvalue weighted by Crippen LogP contribution is 2.25. The number of ether oxygens (including phenoxy) is 1. The third-order valence-electron chi connectivity index (χ3n) is 4.39. The Kier molecular flexibility index (Phi) is 5.83. The zero-order valence-corrected chi connectivity index (χ0v) is 15.5. The van der Waals surface area contributed by atoms with Crippen LogP contribution >= 0.6 is 0 Å². The average Bonchev–Trinajstić information content (AvgIpc) is 2.67. The molecule has 3 rings (SSSR count). The first-order valence-corrected chi connectivity index (χ1v) is 8.99. The number of hydrogen-bond acceptors (Lipinski definition) is 3. The summed E-state index contributed by atoms with van der Waals surface area (Å²) in [6, 6.07) is 18.3. The van der Waals surface area contributed by atoms with Crippen molar-refractivity contribution in [2.75, 3.05) is 0 Å². The number of nitriles is 1. The number of nitrogens with zero attached hydrogens (tertiary/aromatic N) is 2. The van der Waals surface area contributed by atoms with Crippen LogP contribution in [-0.2, 0) is 13.0 Å². The highest BCUT2D eigenvalue weighted by atomic mass is 19.1. The number of halogens is 1. The van der Waals surface area contributed by atoms with Crippen molar-refractivity contribution in [1.82, 2.24) is 4.98 Å². The molecule has 2 aromatic carbocycles. The van der Waals surface area contributed by atoms with Gasteiger partial charge >= 0.3 is 0 Å². The second kappa shape index (κ2) is 8.46. The molecule has 0 aliphatic rings. The van der Waals surface area contributed by atoms with Gasteiger partial charge in [-0.25, -0.2) is 9.37 Å². The molecule has 0 spiro atoms. The molecule has 4 heteroatoms. The molecule has 1 aromatic heterocycles. The molecule has 0 fully saturated rings. The van der Waals surface area contributed by atoms with Crippen LogP contribution in [0.25, 0.3) is 11.3 Å². The highest BCUT2D eigenvalue weighted by molar-refractivity contribution is 5.64. The molecular formula is C23H21FN2O. The number of aromatic nitrogens is 1. The van der Waals surface area contributed by atoms with Gasteiger partial charge in [-0.05, 0) is 42.7 Å². The predicted molar refractivity (Wildman–Crippen MR) is 104 cm³/mol. The minimum atomic E-state index is -0.451. The van der Waals surface area contributed by atoms with Crippen LogP contribution < -0.4 is 4.74 Å². The van der Waals surface area contributed by atoms with Crippen molar-refractivity contribution >= 4 is 0 Å². The number of aryl methyl sites for hydroxylation is 2. The van der Waals surface area contributed by atoms with Gasteiger partial charge in [0.2, 0.25) is 5.88 Å². The minimum absolute atomic E-state index is 0.0580. The molecule has 0 radical (unpaired) electrons. The van der Waals surface area contributed by atoms with Gasteiger partial charge < -0.3 is 4.74 Å². The molecule has 0 bridgehead atoms. The Morgan fingerprint density at radius 2 is 1.96 bits per heavy atom. The molecule has 27 heavy (non-hydrogen) atoms. The van der Waals surface area contributed by atoms with E-state index in [9.17, 15) is 4.39 Å². The van der Waals surface area contributed by atoms with E-state index in [1.807, 2.05) is 18.2 Å². The molecule has 0 saturated heterocycles. The van der Waals surface area contributed by atoms with Gasteiger partial charge in [-0.1, -0.05) is 43.7 Å². The average molecular weight is 360 g/mol. The fourth-order valence-electron chi connectivity index (χ4n) is 2.99. The van der Waals surface area contributed by atoms with Crippen molar-refractivity contribution < 1.29 is 9.13 Å². The zero-order chi connectivity index (χ0) is 19.2. The van der Waals surface area contributed by atoms with Crippen molar-refractivity contribution in [3.05, 3.63) is 82.7 Å². The fraction of sp³-hybridized carbons (Fsp3) is 0.217. The highest BCUT2D eigenvalue weighted by Gasteiger charge is 2.08. The first-order valence-electron chi connectivity index (χ1n) is 8.99. The maximum Gasteiger partial charge on any atom is 0.214 e. The van der Waals surface area contributed by atoms with Gasteiger partial charge in [-0.2, -0.15) is 5.26 Å². The lowest BCUT2D eigenvalue weighted by atomic mass is 10.00. The summed E-state index contributed by atoms with van der Waals surface area (Å²) in [5, 5.41) is 8.81. The largest absolute Gasteiger partial charge is 0.473 e. The summed E-state index contributed by atoms with van der Waals surface area (Å²) in [7, 11) is 0. The fourth-order valence-corrected chi connectivity index (χ4v) is 2.99. The SMILES string of the molecule is CCCc1ccc(-c2cccc(OCc3ccc(C#N)cc3F)n2)c(C)c1. The van der Waals surface area contributed by atoms with E-state index in [1.54, 1.807) is 18.2 Å². The number of hydrogen-bond donors (Lipinski definition) is 0. The number of benzene rings is 2. The molecular weight excluding hydrogens is 339 g/mol. The van der Waals surface area contributed by atoms with E-state index >= 15 is 0 Å². The smallest absolute Gasteiger partial charge is 0.214 e. The third-order valence-corrected chi connectivity index (χ3v) is 4.39. The Labute approximate surface area is 159 Å². The van der Waals surface area contributed by atoms with Crippen molar-refractivity contribution in [3.63, 3.8) is 0 Å². The van der Waals surface area contributed by atoms with Gasteiger partial charge in [0.25, 0.3) is 0 Å². The molecule has 0 unspecified atom stereocenters. The summed E-state index contributed by atoms with van der Waals surface area (Å²) in [4.78, 5) is 4.56. The van der Waals surface area contributed by atoms with Crippen LogP contribution in [0, 0.1) is 24.1 Å². The monoisotopic (exact) mass is 360 g/mol. The Balaban J connectivity index is 1.77. The zero-order valence-electron chi connectivity index (χ0n) is 15.5. The lowest BCUT2D eigenvalue weighted by Gasteiger charge is -2.11. The quantitative estimate of drug-likeness (QED) is 0.575. The van der Waals surface area contributed by atoms with E-state index < -0.39 is 5.82 Å². The van der Waals surface area contributed by atoms with Gasteiger partial charge in [0.05, 0.1) is 17.3 Å². The summed E-state index contributed by atoms with van der Waals surface area (Å²) in [5.74, 6) is -0.0131. The lowest BCUT2D eigenvalue weighted by Crippen LogP contribution is -2.01. The van der Waals surface area contributed by atoms with Crippen LogP contribution in [0.2, 0.25) is 0 Å². The summed E-state index contributed by atoms with van der Waals surface area (Å²) >= 11 is 0. The normalized spacial score (nSPS) is 10.4. The van der Waals surface area contributed by atoms with Gasteiger partial charge in [0.1, 0.15) is 12.4 Å². The Morgan fingerprint density at radius 1 is 1.11 bits per heavy atom. The van der Waals surface area contributed by atoms with Crippen molar-refractivity contribution in [3.8, 4) is 23.2 Å². The molecule has 3 aromatic rings. The molecule has 0 amide bonds. The van der Waals surface area contributed by atoms with Crippen LogP contribution in [0.3, 0.4) is 0 Å². The van der Waals surface area contributed by atoms with Crippen molar-refractivity contribution in [1.29, 1.82) is 5.26 Å². The molecule has 3 nitrogen and oxygen atoms in total. The predicted octanol–water partition coefficient (Wildman–Crippen LogP) is 5.60. The van der Waals surface area contributed by atoms with Crippen molar-refractivity contribution in [2.45, 2.75) is 33.3 Å². The maximum absolute atomic E-state index is 14.0. The van der Waals surface area contributed by atoms with Crippen LogP contribution in [0.5, 0.6) is 5.88 Å². The van der Waals surface area contributed by atoms with Crippen molar-refractivity contribution in [2.24, 2.45) is 0 Å². The molecule has 0 saturated carbocycles. The van der Waals surface area contributed by atoms with Crippen LogP contribution in [0.1, 0.15) is 35.6 Å². The second-order valence-electron chi connectivity index (χ2n) is 6.47. The van der Waals surface area contributed by atoms with E-state index in [4.69, 9.17) is 10.00 Å². The third kappa shape index (κ3) is 4.51. The summed E-state index contributed by atoms with van der Waals surface area (Å²) in [5.41, 5.74) is 5.06. The molecule has 0 N–H and O–H groups in total. The van der Waals surface area contributed by atoms with Gasteiger partial charge in [0, 0.05) is 17.2 Å². The van der Waals surface area contributed by atoms with Crippen LogP contribution in [-0.4, -0.2) is 4.98 Å². The second-order valence-corrected chi connectivity index (χ2v) is 6.47. The van der Waals surface area contributed by atoms with Crippen LogP contribution in [0.4, 0.5) is 4.39 Å². The Bertz CT molecular complexity index is 992. The molecule has 0 aliphatic carbocycles. The van der Waals surface area contributed by atoms with E-state index in [0.29, 0.717) is 17.0 Å². The first-order chi connectivity index (χ1) is 13.1. The van der Waals surface area contributed by atoms with E-state index in [1.165, 1.54) is 17.2 Å². The van der Waals surface area contributed by atoms with Gasteiger partial charge in [-0.15, -0.1) is 0 Å². The topological polar surface area (TPSA) is 45.9 Å². The van der Waals surface area contributed by atoms with Crippen LogP contribution in [0.15, 0.2) is 54.6 Å². The van der Waals surface area contributed by atoms with Gasteiger partial charge in [-0.3, -0.25) is 0 Å². The number of pyridine rings is 1. The van der Waals surface area contributed by atoms with E-state index in [-0.39, 0.29) is 6.61 Å². The Hall–Kier alpha value is -3.19. The summed E-state index contributed by atoms with van der Waals surface area (Å²) in [6.45, 7) is 4.31. The minimum Gasteiger partial charge on any atom is -0.473 e.